The van der Waals surface area contributed by atoms with E-state index in [-0.39, 0.29) is 0 Å². The molecule has 0 saturated heterocycles. The van der Waals surface area contributed by atoms with Gasteiger partial charge in [-0.1, -0.05) is 33.6 Å². The van der Waals surface area contributed by atoms with Gasteiger partial charge in [-0.3, -0.25) is 0 Å². The van der Waals surface area contributed by atoms with E-state index in [9.17, 15) is 0 Å². The molecule has 0 aliphatic carbocycles. The summed E-state index contributed by atoms with van der Waals surface area (Å²) in [5.74, 6) is 1.74. The topological polar surface area (TPSA) is 12.0 Å². The average Bonchev–Trinajstić information content (AvgIpc) is 1.91. The predicted octanol–water partition coefficient (Wildman–Crippen LogP) is 2.28. The molecule has 0 spiro atoms. The normalized spacial score (nSPS) is 14.1. The van der Waals surface area contributed by atoms with Crippen LogP contribution in [0.15, 0.2) is 0 Å². The highest BCUT2D eigenvalue weighted by Crippen LogP contribution is 2.17. The van der Waals surface area contributed by atoms with Gasteiger partial charge in [0.2, 0.25) is 0 Å². The van der Waals surface area contributed by atoms with Crippen LogP contribution in [-0.4, -0.2) is 13.6 Å². The minimum atomic E-state index is 0.833. The summed E-state index contributed by atoms with van der Waals surface area (Å²) in [5.41, 5.74) is 0. The zero-order valence-corrected chi connectivity index (χ0v) is 7.78. The smallest absolute Gasteiger partial charge is 0.00235 e. The summed E-state index contributed by atoms with van der Waals surface area (Å²) >= 11 is 0. The fraction of sp³-hybridized carbons (Fsp3) is 1.00. The largest absolute Gasteiger partial charge is 0.319 e. The van der Waals surface area contributed by atoms with Crippen LogP contribution in [0.25, 0.3) is 0 Å². The number of hydrogen-bond acceptors (Lipinski definition) is 1. The summed E-state index contributed by atoms with van der Waals surface area (Å²) in [6, 6.07) is 0. The van der Waals surface area contributed by atoms with E-state index in [2.05, 4.69) is 26.1 Å². The van der Waals surface area contributed by atoms with Gasteiger partial charge in [0.05, 0.1) is 0 Å². The Balaban J connectivity index is 3.53. The van der Waals surface area contributed by atoms with Gasteiger partial charge in [0.1, 0.15) is 0 Å². The maximum atomic E-state index is 3.22. The molecule has 0 aromatic rings. The molecule has 10 heavy (non-hydrogen) atoms. The number of hydrogen-bond donors (Lipinski definition) is 1. The van der Waals surface area contributed by atoms with Crippen molar-refractivity contribution in [2.75, 3.05) is 13.6 Å². The first-order valence-corrected chi connectivity index (χ1v) is 4.40. The van der Waals surface area contributed by atoms with E-state index in [1.807, 2.05) is 7.05 Å². The van der Waals surface area contributed by atoms with E-state index in [4.69, 9.17) is 0 Å². The first-order valence-electron chi connectivity index (χ1n) is 4.40. The Morgan fingerprint density at radius 3 is 2.00 bits per heavy atom. The molecule has 0 fully saturated rings. The van der Waals surface area contributed by atoms with Crippen molar-refractivity contribution in [1.29, 1.82) is 0 Å². The quantitative estimate of drug-likeness (QED) is 0.622. The Morgan fingerprint density at radius 1 is 1.20 bits per heavy atom. The van der Waals surface area contributed by atoms with Crippen molar-refractivity contribution in [3.8, 4) is 0 Å². The molecule has 62 valence electrons. The second kappa shape index (κ2) is 5.72. The summed E-state index contributed by atoms with van der Waals surface area (Å²) in [6.45, 7) is 8.04. The SMILES string of the molecule is CCC(CC)[C@H](C)CNC. The Kier molecular flexibility index (Phi) is 5.70. The summed E-state index contributed by atoms with van der Waals surface area (Å²) in [5, 5.41) is 3.22. The fourth-order valence-corrected chi connectivity index (χ4v) is 1.58. The van der Waals surface area contributed by atoms with E-state index in [1.165, 1.54) is 12.8 Å². The Hall–Kier alpha value is -0.0400. The van der Waals surface area contributed by atoms with Gasteiger partial charge in [-0.05, 0) is 25.4 Å². The summed E-state index contributed by atoms with van der Waals surface area (Å²) in [7, 11) is 2.03. The average molecular weight is 143 g/mol. The van der Waals surface area contributed by atoms with Crippen LogP contribution in [0.2, 0.25) is 0 Å². The van der Waals surface area contributed by atoms with Crippen molar-refractivity contribution in [3.63, 3.8) is 0 Å². The van der Waals surface area contributed by atoms with Crippen molar-refractivity contribution >= 4 is 0 Å². The van der Waals surface area contributed by atoms with Crippen molar-refractivity contribution < 1.29 is 0 Å². The molecule has 0 aliphatic heterocycles. The van der Waals surface area contributed by atoms with Gasteiger partial charge < -0.3 is 5.32 Å². The molecular formula is C9H21N. The van der Waals surface area contributed by atoms with Crippen molar-refractivity contribution in [2.45, 2.75) is 33.6 Å². The third kappa shape index (κ3) is 3.21. The number of rotatable bonds is 5. The van der Waals surface area contributed by atoms with Crippen LogP contribution in [0, 0.1) is 11.8 Å². The minimum absolute atomic E-state index is 0.833. The molecule has 0 aromatic carbocycles. The van der Waals surface area contributed by atoms with Crippen LogP contribution in [0.3, 0.4) is 0 Å². The van der Waals surface area contributed by atoms with Crippen LogP contribution >= 0.6 is 0 Å². The van der Waals surface area contributed by atoms with E-state index < -0.39 is 0 Å². The van der Waals surface area contributed by atoms with Crippen molar-refractivity contribution in [2.24, 2.45) is 11.8 Å². The lowest BCUT2D eigenvalue weighted by Gasteiger charge is -2.20. The van der Waals surface area contributed by atoms with Crippen LogP contribution in [0.4, 0.5) is 0 Å². The van der Waals surface area contributed by atoms with Crippen LogP contribution in [0.5, 0.6) is 0 Å². The highest BCUT2D eigenvalue weighted by atomic mass is 14.8. The first kappa shape index (κ1) is 9.96. The third-order valence-electron chi connectivity index (χ3n) is 2.38. The second-order valence-electron chi connectivity index (χ2n) is 3.11. The van der Waals surface area contributed by atoms with Crippen LogP contribution in [-0.2, 0) is 0 Å². The van der Waals surface area contributed by atoms with Gasteiger partial charge in [-0.15, -0.1) is 0 Å². The molecule has 1 nitrogen and oxygen atoms in total. The molecule has 1 atom stereocenters. The van der Waals surface area contributed by atoms with Gasteiger partial charge in [0, 0.05) is 0 Å². The van der Waals surface area contributed by atoms with Gasteiger partial charge in [0.25, 0.3) is 0 Å². The second-order valence-corrected chi connectivity index (χ2v) is 3.11. The van der Waals surface area contributed by atoms with Crippen LogP contribution in [0.1, 0.15) is 33.6 Å². The molecule has 0 aliphatic rings. The zero-order chi connectivity index (χ0) is 7.98. The van der Waals surface area contributed by atoms with Crippen molar-refractivity contribution in [1.82, 2.24) is 5.32 Å². The predicted molar refractivity (Wildman–Crippen MR) is 47.2 cm³/mol. The van der Waals surface area contributed by atoms with Crippen molar-refractivity contribution in [3.05, 3.63) is 0 Å². The van der Waals surface area contributed by atoms with Gasteiger partial charge in [-0.2, -0.15) is 0 Å². The molecule has 0 aromatic heterocycles. The van der Waals surface area contributed by atoms with E-state index in [1.54, 1.807) is 0 Å². The monoisotopic (exact) mass is 143 g/mol. The number of nitrogens with one attached hydrogen (secondary N) is 1. The molecule has 0 amide bonds. The molecule has 0 rings (SSSR count). The fourth-order valence-electron chi connectivity index (χ4n) is 1.58. The van der Waals surface area contributed by atoms with E-state index in [0.717, 1.165) is 18.4 Å². The maximum absolute atomic E-state index is 3.22. The molecule has 1 N–H and O–H groups in total. The maximum Gasteiger partial charge on any atom is -0.00235 e. The Labute approximate surface area is 65.2 Å². The molecular weight excluding hydrogens is 122 g/mol. The zero-order valence-electron chi connectivity index (χ0n) is 7.78. The van der Waals surface area contributed by atoms with E-state index in [0.29, 0.717) is 0 Å². The van der Waals surface area contributed by atoms with E-state index >= 15 is 0 Å². The lowest BCUT2D eigenvalue weighted by molar-refractivity contribution is 0.329. The molecule has 0 unspecified atom stereocenters. The van der Waals surface area contributed by atoms with Gasteiger partial charge in [-0.25, -0.2) is 0 Å². The molecule has 0 heterocycles. The highest BCUT2D eigenvalue weighted by Gasteiger charge is 2.11. The summed E-state index contributed by atoms with van der Waals surface area (Å²) < 4.78 is 0. The Morgan fingerprint density at radius 2 is 1.70 bits per heavy atom. The lowest BCUT2D eigenvalue weighted by Crippen LogP contribution is -2.22. The highest BCUT2D eigenvalue weighted by molar-refractivity contribution is 4.64. The standard InChI is InChI=1S/C9H21N/c1-5-9(6-2)8(3)7-10-4/h8-10H,5-7H2,1-4H3/t8-/m1/s1. The molecule has 1 heteroatoms. The first-order chi connectivity index (χ1) is 4.76. The molecule has 0 saturated carbocycles. The third-order valence-corrected chi connectivity index (χ3v) is 2.38. The Bertz CT molecular complexity index is 67.1. The summed E-state index contributed by atoms with van der Waals surface area (Å²) in [6.07, 6.45) is 2.64. The summed E-state index contributed by atoms with van der Waals surface area (Å²) in [4.78, 5) is 0. The lowest BCUT2D eigenvalue weighted by atomic mass is 9.89. The van der Waals surface area contributed by atoms with Gasteiger partial charge in [0.15, 0.2) is 0 Å². The minimum Gasteiger partial charge on any atom is -0.319 e. The molecule has 0 bridgehead atoms. The van der Waals surface area contributed by atoms with Gasteiger partial charge >= 0.3 is 0 Å². The van der Waals surface area contributed by atoms with Crippen LogP contribution < -0.4 is 5.32 Å². The molecule has 0 radical (unpaired) electrons.